The molecule has 2 aromatic heterocycles. The van der Waals surface area contributed by atoms with Crippen molar-refractivity contribution in [3.05, 3.63) is 35.1 Å². The van der Waals surface area contributed by atoms with Gasteiger partial charge in [-0.1, -0.05) is 11.6 Å². The highest BCUT2D eigenvalue weighted by Gasteiger charge is 2.44. The van der Waals surface area contributed by atoms with Gasteiger partial charge in [-0.3, -0.25) is 4.90 Å². The van der Waals surface area contributed by atoms with E-state index in [1.54, 1.807) is 17.9 Å². The lowest BCUT2D eigenvalue weighted by Gasteiger charge is -2.21. The van der Waals surface area contributed by atoms with E-state index in [9.17, 15) is 18.0 Å². The number of amides is 1. The molecule has 0 spiro atoms. The van der Waals surface area contributed by atoms with Gasteiger partial charge in [0.1, 0.15) is 17.4 Å². The number of hydrogen-bond acceptors (Lipinski definition) is 7. The summed E-state index contributed by atoms with van der Waals surface area (Å²) in [6.45, 7) is 0.657. The number of alkyl halides is 3. The number of cyclic esters (lactones) is 1. The Balaban J connectivity index is 1.45. The van der Waals surface area contributed by atoms with E-state index in [-0.39, 0.29) is 28.9 Å². The first-order valence-corrected chi connectivity index (χ1v) is 9.99. The van der Waals surface area contributed by atoms with Gasteiger partial charge in [-0.05, 0) is 43.4 Å². The second-order valence-electron chi connectivity index (χ2n) is 7.42. The van der Waals surface area contributed by atoms with E-state index in [0.717, 1.165) is 12.8 Å². The topological polar surface area (TPSA) is 89.5 Å². The zero-order chi connectivity index (χ0) is 22.2. The fraction of sp³-hybridized carbons (Fsp3) is 0.474. The Kier molecular flexibility index (Phi) is 5.78. The highest BCUT2D eigenvalue weighted by Crippen LogP contribution is 2.39. The van der Waals surface area contributed by atoms with E-state index < -0.39 is 18.9 Å². The number of nitrogens with one attached hydrogen (secondary N) is 1. The third-order valence-corrected chi connectivity index (χ3v) is 5.28. The molecule has 1 aliphatic carbocycles. The van der Waals surface area contributed by atoms with Gasteiger partial charge in [0.25, 0.3) is 0 Å². The van der Waals surface area contributed by atoms with Crippen LogP contribution in [0.15, 0.2) is 24.5 Å². The molecule has 31 heavy (non-hydrogen) atoms. The van der Waals surface area contributed by atoms with Gasteiger partial charge in [0, 0.05) is 12.4 Å². The Hall–Kier alpha value is -2.82. The van der Waals surface area contributed by atoms with Crippen molar-refractivity contribution in [2.75, 3.05) is 23.4 Å². The maximum Gasteiger partial charge on any atom is 0.422 e. The number of hydrogen-bond donors (Lipinski definition) is 1. The Labute approximate surface area is 180 Å². The summed E-state index contributed by atoms with van der Waals surface area (Å²) in [5, 5.41) is 3.03. The van der Waals surface area contributed by atoms with Crippen LogP contribution in [-0.4, -0.2) is 46.5 Å². The molecule has 8 nitrogen and oxygen atoms in total. The van der Waals surface area contributed by atoms with E-state index >= 15 is 0 Å². The lowest BCUT2D eigenvalue weighted by atomic mass is 10.1. The van der Waals surface area contributed by atoms with Gasteiger partial charge < -0.3 is 14.8 Å². The summed E-state index contributed by atoms with van der Waals surface area (Å²) in [6, 6.07) is 2.70. The average Bonchev–Trinajstić information content (AvgIpc) is 3.48. The van der Waals surface area contributed by atoms with E-state index in [1.807, 2.05) is 0 Å². The second-order valence-corrected chi connectivity index (χ2v) is 7.82. The minimum absolute atomic E-state index is 0.0278. The molecule has 3 heterocycles. The van der Waals surface area contributed by atoms with E-state index in [2.05, 4.69) is 25.0 Å². The third-order valence-electron chi connectivity index (χ3n) is 5.01. The molecule has 2 aromatic rings. The Bertz CT molecular complexity index is 973. The molecule has 0 unspecified atom stereocenters. The lowest BCUT2D eigenvalue weighted by Crippen LogP contribution is -2.35. The molecular weight excluding hydrogens is 439 g/mol. The molecule has 1 saturated heterocycles. The zero-order valence-electron chi connectivity index (χ0n) is 16.4. The maximum absolute atomic E-state index is 12.3. The highest BCUT2D eigenvalue weighted by molar-refractivity contribution is 6.31. The fourth-order valence-corrected chi connectivity index (χ4v) is 3.52. The van der Waals surface area contributed by atoms with Crippen molar-refractivity contribution in [2.45, 2.75) is 38.0 Å². The number of pyridine rings is 1. The average molecular weight is 458 g/mol. The molecule has 1 aliphatic heterocycles. The molecular formula is C19H19ClF3N5O3. The zero-order valence-corrected chi connectivity index (χ0v) is 17.2. The van der Waals surface area contributed by atoms with Gasteiger partial charge in [0.15, 0.2) is 6.61 Å². The SMILES string of the molecule is C[C@H](Nc1nccc(N2C(=O)OC[C@@H]2C2CC2)n1)c1cnc(OCC(F)(F)F)c(Cl)c1. The molecule has 1 saturated carbocycles. The van der Waals surface area contributed by atoms with Crippen LogP contribution < -0.4 is 15.0 Å². The summed E-state index contributed by atoms with van der Waals surface area (Å²) in [6.07, 6.45) is 0.0937. The molecule has 1 amide bonds. The van der Waals surface area contributed by atoms with E-state index in [4.69, 9.17) is 16.3 Å². The van der Waals surface area contributed by atoms with Crippen LogP contribution in [0, 0.1) is 5.92 Å². The van der Waals surface area contributed by atoms with Gasteiger partial charge in [-0.2, -0.15) is 18.2 Å². The highest BCUT2D eigenvalue weighted by atomic mass is 35.5. The molecule has 0 bridgehead atoms. The van der Waals surface area contributed by atoms with Crippen LogP contribution in [0.5, 0.6) is 5.88 Å². The number of anilines is 2. The summed E-state index contributed by atoms with van der Waals surface area (Å²) in [5.41, 5.74) is 0.592. The minimum Gasteiger partial charge on any atom is -0.467 e. The normalized spacial score (nSPS) is 19.8. The number of aromatic nitrogens is 3. The number of rotatable bonds is 7. The van der Waals surface area contributed by atoms with Crippen LogP contribution in [-0.2, 0) is 4.74 Å². The third kappa shape index (κ3) is 5.09. The summed E-state index contributed by atoms with van der Waals surface area (Å²) in [7, 11) is 0. The Morgan fingerprint density at radius 1 is 1.39 bits per heavy atom. The van der Waals surface area contributed by atoms with Crippen molar-refractivity contribution < 1.29 is 27.4 Å². The minimum atomic E-state index is -4.48. The van der Waals surface area contributed by atoms with Gasteiger partial charge in [0.05, 0.1) is 12.1 Å². The van der Waals surface area contributed by atoms with Gasteiger partial charge in [-0.15, -0.1) is 0 Å². The van der Waals surface area contributed by atoms with E-state index in [1.165, 1.54) is 18.5 Å². The van der Waals surface area contributed by atoms with Crippen LogP contribution in [0.25, 0.3) is 0 Å². The predicted octanol–water partition coefficient (Wildman–Crippen LogP) is 4.37. The van der Waals surface area contributed by atoms with Crippen LogP contribution in [0.1, 0.15) is 31.4 Å². The standard InChI is InChI=1S/C19H19ClF3N5O3/c1-10(12-6-13(20)16(25-7-12)31-9-19(21,22)23)26-17-24-5-4-15(27-17)28-14(11-2-3-11)8-30-18(28)29/h4-7,10-11,14H,2-3,8-9H2,1H3,(H,24,26,27)/t10-,14+/m0/s1. The summed E-state index contributed by atoms with van der Waals surface area (Å²) in [4.78, 5) is 26.2. The molecule has 4 rings (SSSR count). The smallest absolute Gasteiger partial charge is 0.422 e. The fourth-order valence-electron chi connectivity index (χ4n) is 3.29. The molecule has 2 fully saturated rings. The first-order chi connectivity index (χ1) is 14.7. The molecule has 0 radical (unpaired) electrons. The first-order valence-electron chi connectivity index (χ1n) is 9.62. The molecule has 166 valence electrons. The van der Waals surface area contributed by atoms with Crippen LogP contribution in [0.3, 0.4) is 0 Å². The van der Waals surface area contributed by atoms with Crippen molar-refractivity contribution in [2.24, 2.45) is 5.92 Å². The molecule has 12 heteroatoms. The number of carbonyl (C=O) groups is 1. The van der Waals surface area contributed by atoms with Crippen molar-refractivity contribution in [3.8, 4) is 5.88 Å². The molecule has 1 N–H and O–H groups in total. The summed E-state index contributed by atoms with van der Waals surface area (Å²) >= 11 is 6.01. The lowest BCUT2D eigenvalue weighted by molar-refractivity contribution is -0.154. The Morgan fingerprint density at radius 3 is 2.84 bits per heavy atom. The largest absolute Gasteiger partial charge is 0.467 e. The molecule has 2 atom stereocenters. The van der Waals surface area contributed by atoms with Crippen LogP contribution >= 0.6 is 11.6 Å². The van der Waals surface area contributed by atoms with Crippen LogP contribution in [0.4, 0.5) is 29.7 Å². The van der Waals surface area contributed by atoms with E-state index in [0.29, 0.717) is 23.9 Å². The second kappa shape index (κ2) is 8.37. The number of carbonyl (C=O) groups excluding carboxylic acids is 1. The number of ether oxygens (including phenoxy) is 2. The summed E-state index contributed by atoms with van der Waals surface area (Å²) in [5.74, 6) is 0.832. The maximum atomic E-state index is 12.3. The monoisotopic (exact) mass is 457 g/mol. The van der Waals surface area contributed by atoms with Crippen molar-refractivity contribution >= 4 is 29.5 Å². The van der Waals surface area contributed by atoms with Gasteiger partial charge in [0.2, 0.25) is 11.8 Å². The van der Waals surface area contributed by atoms with Crippen molar-refractivity contribution in [1.29, 1.82) is 0 Å². The first kappa shape index (κ1) is 21.4. The van der Waals surface area contributed by atoms with Crippen LogP contribution in [0.2, 0.25) is 5.02 Å². The predicted molar refractivity (Wildman–Crippen MR) is 105 cm³/mol. The molecule has 2 aliphatic rings. The Morgan fingerprint density at radius 2 is 2.16 bits per heavy atom. The van der Waals surface area contributed by atoms with Crippen molar-refractivity contribution in [1.82, 2.24) is 15.0 Å². The van der Waals surface area contributed by atoms with Gasteiger partial charge >= 0.3 is 12.3 Å². The molecule has 0 aromatic carbocycles. The summed E-state index contributed by atoms with van der Waals surface area (Å²) < 4.78 is 46.7. The quantitative estimate of drug-likeness (QED) is 0.660. The van der Waals surface area contributed by atoms with Gasteiger partial charge in [-0.25, -0.2) is 14.8 Å². The number of halogens is 4. The number of nitrogens with zero attached hydrogens (tertiary/aromatic N) is 4. The van der Waals surface area contributed by atoms with Crippen molar-refractivity contribution in [3.63, 3.8) is 0 Å².